The van der Waals surface area contributed by atoms with Crippen molar-refractivity contribution in [2.75, 3.05) is 24.3 Å². The third-order valence-corrected chi connectivity index (χ3v) is 2.95. The van der Waals surface area contributed by atoms with Crippen LogP contribution in [0.4, 0.5) is 15.8 Å². The van der Waals surface area contributed by atoms with Crippen molar-refractivity contribution in [3.63, 3.8) is 0 Å². The summed E-state index contributed by atoms with van der Waals surface area (Å²) >= 11 is 0. The Kier molecular flexibility index (Phi) is 4.77. The normalized spacial score (nSPS) is 10.0. The second kappa shape index (κ2) is 6.74. The second-order valence-corrected chi connectivity index (χ2v) is 4.59. The van der Waals surface area contributed by atoms with Gasteiger partial charge in [-0.15, -0.1) is 0 Å². The number of para-hydroxylation sites is 2. The summed E-state index contributed by atoms with van der Waals surface area (Å²) in [6.07, 6.45) is 0. The molecule has 1 amide bonds. The molecule has 0 radical (unpaired) electrons. The lowest BCUT2D eigenvalue weighted by molar-refractivity contribution is -0.114. The molecule has 0 aliphatic carbocycles. The third kappa shape index (κ3) is 3.95. The van der Waals surface area contributed by atoms with E-state index in [0.717, 1.165) is 5.56 Å². The Morgan fingerprint density at radius 3 is 2.67 bits per heavy atom. The van der Waals surface area contributed by atoms with Crippen LogP contribution in [0.25, 0.3) is 0 Å². The monoisotopic (exact) mass is 288 g/mol. The van der Waals surface area contributed by atoms with E-state index < -0.39 is 5.82 Å². The highest BCUT2D eigenvalue weighted by Crippen LogP contribution is 2.22. The van der Waals surface area contributed by atoms with Crippen molar-refractivity contribution in [1.82, 2.24) is 0 Å². The second-order valence-electron chi connectivity index (χ2n) is 4.59. The number of carbonyl (C=O) groups excluding carboxylic acids is 1. The van der Waals surface area contributed by atoms with Crippen molar-refractivity contribution in [2.24, 2.45) is 0 Å². The predicted octanol–water partition coefficient (Wildman–Crippen LogP) is 3.19. The first-order chi connectivity index (χ1) is 10.1. The molecule has 2 aromatic carbocycles. The minimum absolute atomic E-state index is 0.0215. The zero-order valence-electron chi connectivity index (χ0n) is 11.9. The maximum Gasteiger partial charge on any atom is 0.243 e. The van der Waals surface area contributed by atoms with Crippen molar-refractivity contribution in [3.8, 4) is 5.75 Å². The number of halogens is 1. The van der Waals surface area contributed by atoms with Crippen LogP contribution in [0, 0.1) is 12.7 Å². The first kappa shape index (κ1) is 14.8. The molecule has 0 atom stereocenters. The highest BCUT2D eigenvalue weighted by molar-refractivity contribution is 5.94. The molecule has 0 unspecified atom stereocenters. The van der Waals surface area contributed by atoms with Crippen LogP contribution in [0.3, 0.4) is 0 Å². The van der Waals surface area contributed by atoms with Gasteiger partial charge in [0.1, 0.15) is 11.6 Å². The molecule has 0 aromatic heterocycles. The molecule has 0 saturated carbocycles. The Balaban J connectivity index is 1.96. The smallest absolute Gasteiger partial charge is 0.243 e. The summed E-state index contributed by atoms with van der Waals surface area (Å²) in [5.74, 6) is -0.129. The number of benzene rings is 2. The SMILES string of the molecule is COc1ccccc1NCC(=O)Nc1ccc(C)cc1F. The van der Waals surface area contributed by atoms with Gasteiger partial charge in [-0.3, -0.25) is 4.79 Å². The van der Waals surface area contributed by atoms with Gasteiger partial charge in [0.05, 0.1) is 25.0 Å². The van der Waals surface area contributed by atoms with Crippen molar-refractivity contribution in [3.05, 3.63) is 53.8 Å². The van der Waals surface area contributed by atoms with E-state index >= 15 is 0 Å². The summed E-state index contributed by atoms with van der Waals surface area (Å²) in [5, 5.41) is 5.48. The van der Waals surface area contributed by atoms with Crippen LogP contribution < -0.4 is 15.4 Å². The van der Waals surface area contributed by atoms with Crippen LogP contribution in [-0.2, 0) is 4.79 Å². The largest absolute Gasteiger partial charge is 0.495 e. The summed E-state index contributed by atoms with van der Waals surface area (Å²) in [7, 11) is 1.56. The average molecular weight is 288 g/mol. The van der Waals surface area contributed by atoms with Crippen LogP contribution in [0.1, 0.15) is 5.56 Å². The summed E-state index contributed by atoms with van der Waals surface area (Å²) in [6.45, 7) is 1.81. The van der Waals surface area contributed by atoms with E-state index in [-0.39, 0.29) is 18.1 Å². The number of anilines is 2. The van der Waals surface area contributed by atoms with Gasteiger partial charge in [-0.25, -0.2) is 4.39 Å². The zero-order chi connectivity index (χ0) is 15.2. The molecule has 21 heavy (non-hydrogen) atoms. The van der Waals surface area contributed by atoms with E-state index in [1.54, 1.807) is 38.3 Å². The summed E-state index contributed by atoms with van der Waals surface area (Å²) in [5.41, 5.74) is 1.68. The van der Waals surface area contributed by atoms with Crippen LogP contribution in [0.2, 0.25) is 0 Å². The van der Waals surface area contributed by atoms with E-state index in [1.807, 2.05) is 12.1 Å². The van der Waals surface area contributed by atoms with Crippen LogP contribution >= 0.6 is 0 Å². The highest BCUT2D eigenvalue weighted by atomic mass is 19.1. The number of aryl methyl sites for hydroxylation is 1. The molecule has 4 nitrogen and oxygen atoms in total. The molecule has 0 bridgehead atoms. The van der Waals surface area contributed by atoms with Crippen molar-refractivity contribution >= 4 is 17.3 Å². The molecule has 0 aliphatic heterocycles. The van der Waals surface area contributed by atoms with Crippen molar-refractivity contribution in [2.45, 2.75) is 6.92 Å². The van der Waals surface area contributed by atoms with Gasteiger partial charge in [0, 0.05) is 0 Å². The topological polar surface area (TPSA) is 50.4 Å². The van der Waals surface area contributed by atoms with Crippen molar-refractivity contribution < 1.29 is 13.9 Å². The molecule has 5 heteroatoms. The first-order valence-corrected chi connectivity index (χ1v) is 6.53. The molecule has 110 valence electrons. The molecule has 0 spiro atoms. The molecule has 0 saturated heterocycles. The molecule has 2 rings (SSSR count). The lowest BCUT2D eigenvalue weighted by Crippen LogP contribution is -2.22. The zero-order valence-corrected chi connectivity index (χ0v) is 11.9. The Labute approximate surface area is 122 Å². The highest BCUT2D eigenvalue weighted by Gasteiger charge is 2.08. The number of carbonyl (C=O) groups is 1. The third-order valence-electron chi connectivity index (χ3n) is 2.95. The van der Waals surface area contributed by atoms with Crippen LogP contribution in [0.5, 0.6) is 5.75 Å². The van der Waals surface area contributed by atoms with Crippen LogP contribution in [0.15, 0.2) is 42.5 Å². The average Bonchev–Trinajstić information content (AvgIpc) is 2.48. The van der Waals surface area contributed by atoms with Gasteiger partial charge in [-0.1, -0.05) is 18.2 Å². The van der Waals surface area contributed by atoms with E-state index in [0.29, 0.717) is 11.4 Å². The maximum atomic E-state index is 13.6. The Bertz CT molecular complexity index is 644. The van der Waals surface area contributed by atoms with E-state index in [2.05, 4.69) is 10.6 Å². The lowest BCUT2D eigenvalue weighted by Gasteiger charge is -2.11. The fourth-order valence-corrected chi connectivity index (χ4v) is 1.88. The fourth-order valence-electron chi connectivity index (χ4n) is 1.88. The molecule has 0 fully saturated rings. The molecular formula is C16H17FN2O2. The van der Waals surface area contributed by atoms with Crippen LogP contribution in [-0.4, -0.2) is 19.6 Å². The predicted molar refractivity (Wildman–Crippen MR) is 81.3 cm³/mol. The number of ether oxygens (including phenoxy) is 1. The molecular weight excluding hydrogens is 271 g/mol. The quantitative estimate of drug-likeness (QED) is 0.888. The maximum absolute atomic E-state index is 13.6. The number of hydrogen-bond acceptors (Lipinski definition) is 3. The Morgan fingerprint density at radius 2 is 1.95 bits per heavy atom. The Morgan fingerprint density at radius 1 is 1.19 bits per heavy atom. The van der Waals surface area contributed by atoms with E-state index in [4.69, 9.17) is 4.74 Å². The van der Waals surface area contributed by atoms with Gasteiger partial charge in [-0.2, -0.15) is 0 Å². The lowest BCUT2D eigenvalue weighted by atomic mass is 10.2. The summed E-state index contributed by atoms with van der Waals surface area (Å²) < 4.78 is 18.8. The summed E-state index contributed by atoms with van der Waals surface area (Å²) in [4.78, 5) is 11.8. The number of amides is 1. The molecule has 2 N–H and O–H groups in total. The van der Waals surface area contributed by atoms with E-state index in [1.165, 1.54) is 6.07 Å². The number of rotatable bonds is 5. The standard InChI is InChI=1S/C16H17FN2O2/c1-11-7-8-13(12(17)9-11)19-16(20)10-18-14-5-3-4-6-15(14)21-2/h3-9,18H,10H2,1-2H3,(H,19,20). The van der Waals surface area contributed by atoms with Gasteiger partial charge in [0.25, 0.3) is 0 Å². The van der Waals surface area contributed by atoms with E-state index in [9.17, 15) is 9.18 Å². The van der Waals surface area contributed by atoms with Gasteiger partial charge < -0.3 is 15.4 Å². The summed E-state index contributed by atoms with van der Waals surface area (Å²) in [6, 6.07) is 11.9. The molecule has 0 heterocycles. The molecule has 0 aliphatic rings. The van der Waals surface area contributed by atoms with Gasteiger partial charge in [0.15, 0.2) is 0 Å². The number of nitrogens with one attached hydrogen (secondary N) is 2. The number of methoxy groups -OCH3 is 1. The van der Waals surface area contributed by atoms with Gasteiger partial charge in [0.2, 0.25) is 5.91 Å². The molecule has 2 aromatic rings. The minimum atomic E-state index is -0.444. The minimum Gasteiger partial charge on any atom is -0.495 e. The van der Waals surface area contributed by atoms with Crippen molar-refractivity contribution in [1.29, 1.82) is 0 Å². The van der Waals surface area contributed by atoms with Gasteiger partial charge in [-0.05, 0) is 36.8 Å². The first-order valence-electron chi connectivity index (χ1n) is 6.53. The van der Waals surface area contributed by atoms with Gasteiger partial charge >= 0.3 is 0 Å². The Hall–Kier alpha value is -2.56. The fraction of sp³-hybridized carbons (Fsp3) is 0.188. The number of hydrogen-bond donors (Lipinski definition) is 2.